The maximum atomic E-state index is 7.02. The van der Waals surface area contributed by atoms with Crippen LogP contribution >= 0.6 is 11.6 Å². The molecule has 2 aliphatic rings. The molecule has 274 valence electrons. The number of nitrogens with zero attached hydrogens (tertiary/aromatic N) is 6. The van der Waals surface area contributed by atoms with Crippen molar-refractivity contribution < 1.29 is 18.9 Å². The summed E-state index contributed by atoms with van der Waals surface area (Å²) in [6.07, 6.45) is 11.4. The van der Waals surface area contributed by atoms with E-state index in [2.05, 4.69) is 80.2 Å². The molecule has 0 N–H and O–H groups in total. The lowest BCUT2D eigenvalue weighted by atomic mass is 10.0. The molecule has 0 bridgehead atoms. The van der Waals surface area contributed by atoms with Crippen molar-refractivity contribution >= 4 is 45.1 Å². The summed E-state index contributed by atoms with van der Waals surface area (Å²) in [4.78, 5) is 16.4. The van der Waals surface area contributed by atoms with Gasteiger partial charge in [0, 0.05) is 48.6 Å². The lowest BCUT2D eigenvalue weighted by molar-refractivity contribution is -0.147. The van der Waals surface area contributed by atoms with Gasteiger partial charge in [-0.15, -0.1) is 0 Å². The molecule has 11 heteroatoms. The summed E-state index contributed by atoms with van der Waals surface area (Å²) in [7, 11) is 3.35. The molecule has 1 aliphatic carbocycles. The summed E-state index contributed by atoms with van der Waals surface area (Å²) < 4.78 is 28.2. The van der Waals surface area contributed by atoms with Gasteiger partial charge >= 0.3 is 0 Å². The zero-order valence-corrected chi connectivity index (χ0v) is 31.4. The number of hydrogen-bond donors (Lipinski definition) is 0. The minimum absolute atomic E-state index is 0.0392. The predicted molar refractivity (Wildman–Crippen MR) is 210 cm³/mol. The Hall–Kier alpha value is -5.42. The monoisotopic (exact) mass is 740 g/mol. The Morgan fingerprint density at radius 1 is 0.796 bits per heavy atom. The molecule has 1 saturated heterocycles. The van der Waals surface area contributed by atoms with Crippen molar-refractivity contribution in [3.8, 4) is 11.5 Å². The smallest absolute Gasteiger partial charge is 0.235 e. The van der Waals surface area contributed by atoms with Crippen LogP contribution in [0.1, 0.15) is 43.0 Å². The van der Waals surface area contributed by atoms with E-state index in [9.17, 15) is 0 Å². The van der Waals surface area contributed by atoms with Gasteiger partial charge in [0.2, 0.25) is 5.78 Å². The molecular formula is C43H41ClN6O4. The molecular weight excluding hydrogens is 700 g/mol. The molecule has 0 unspecified atom stereocenters. The van der Waals surface area contributed by atoms with E-state index in [1.807, 2.05) is 61.0 Å². The maximum absolute atomic E-state index is 7.02. The van der Waals surface area contributed by atoms with Crippen LogP contribution in [0.15, 0.2) is 115 Å². The first kappa shape index (κ1) is 34.4. The van der Waals surface area contributed by atoms with Crippen LogP contribution in [0, 0.1) is 0 Å². The highest BCUT2D eigenvalue weighted by atomic mass is 35.5. The van der Waals surface area contributed by atoms with E-state index in [0.29, 0.717) is 23.9 Å². The third-order valence-electron chi connectivity index (χ3n) is 10.5. The Kier molecular flexibility index (Phi) is 8.76. The SMILES string of the molecule is COc1ccc(CN(Cc2ccc(OC)cc2)c2nc3cc(CCC4=C[C@@H](n5ccc6cnc7nccn7c65)[C@@H]5OC(C)(C)O[C@H]45)ccc3cc2Cl)cc1. The molecule has 0 radical (unpaired) electrons. The van der Waals surface area contributed by atoms with Crippen molar-refractivity contribution in [3.63, 3.8) is 0 Å². The van der Waals surface area contributed by atoms with Gasteiger partial charge in [-0.05, 0) is 91.4 Å². The van der Waals surface area contributed by atoms with Crippen LogP contribution in [0.4, 0.5) is 5.82 Å². The van der Waals surface area contributed by atoms with Gasteiger partial charge in [0.25, 0.3) is 0 Å². The molecule has 3 aromatic carbocycles. The Balaban J connectivity index is 1.01. The zero-order valence-electron chi connectivity index (χ0n) is 30.6. The Labute approximate surface area is 318 Å². The molecule has 0 amide bonds. The summed E-state index contributed by atoms with van der Waals surface area (Å²) in [6.45, 7) is 5.22. The normalized spacial score (nSPS) is 19.1. The third kappa shape index (κ3) is 6.44. The first-order valence-corrected chi connectivity index (χ1v) is 18.6. The molecule has 7 aromatic rings. The van der Waals surface area contributed by atoms with Crippen LogP contribution in [0.5, 0.6) is 11.5 Å². The molecule has 3 atom stereocenters. The van der Waals surface area contributed by atoms with E-state index >= 15 is 0 Å². The molecule has 10 nitrogen and oxygen atoms in total. The fourth-order valence-electron chi connectivity index (χ4n) is 7.89. The number of methoxy groups -OCH3 is 2. The summed E-state index contributed by atoms with van der Waals surface area (Å²) >= 11 is 7.02. The predicted octanol–water partition coefficient (Wildman–Crippen LogP) is 8.74. The number of ether oxygens (including phenoxy) is 4. The van der Waals surface area contributed by atoms with E-state index in [4.69, 9.17) is 35.5 Å². The molecule has 1 aliphatic heterocycles. The Bertz CT molecular complexity index is 2460. The zero-order chi connectivity index (χ0) is 37.0. The van der Waals surface area contributed by atoms with Crippen molar-refractivity contribution in [3.05, 3.63) is 137 Å². The molecule has 1 fully saturated rings. The van der Waals surface area contributed by atoms with Crippen LogP contribution in [0.25, 0.3) is 27.7 Å². The van der Waals surface area contributed by atoms with Crippen molar-refractivity contribution in [2.45, 2.75) is 63.8 Å². The summed E-state index contributed by atoms with van der Waals surface area (Å²) in [5.74, 6) is 2.35. The van der Waals surface area contributed by atoms with Crippen molar-refractivity contribution in [1.29, 1.82) is 0 Å². The van der Waals surface area contributed by atoms with E-state index in [1.54, 1.807) is 20.4 Å². The molecule has 54 heavy (non-hydrogen) atoms. The number of imidazole rings is 1. The topological polar surface area (TPSA) is 88.2 Å². The molecule has 0 saturated carbocycles. The second-order valence-electron chi connectivity index (χ2n) is 14.5. The van der Waals surface area contributed by atoms with Crippen LogP contribution in [0.2, 0.25) is 5.02 Å². The molecule has 9 rings (SSSR count). The number of halogens is 1. The fraction of sp³-hybridized carbons (Fsp3) is 0.279. The van der Waals surface area contributed by atoms with Gasteiger partial charge in [-0.3, -0.25) is 4.40 Å². The minimum atomic E-state index is -0.687. The number of aryl methyl sites for hydroxylation is 1. The lowest BCUT2D eigenvalue weighted by Crippen LogP contribution is -2.28. The number of fused-ring (bicyclic) bond motifs is 5. The molecule has 5 heterocycles. The Morgan fingerprint density at radius 2 is 1.50 bits per heavy atom. The fourth-order valence-corrected chi connectivity index (χ4v) is 8.17. The van der Waals surface area contributed by atoms with E-state index < -0.39 is 5.79 Å². The maximum Gasteiger partial charge on any atom is 0.235 e. The number of hydrogen-bond acceptors (Lipinski definition) is 8. The first-order valence-electron chi connectivity index (χ1n) is 18.2. The molecule has 0 spiro atoms. The van der Waals surface area contributed by atoms with Crippen LogP contribution in [-0.2, 0) is 29.0 Å². The van der Waals surface area contributed by atoms with E-state index in [1.165, 1.54) is 11.1 Å². The van der Waals surface area contributed by atoms with E-state index in [-0.39, 0.29) is 18.2 Å². The average Bonchev–Trinajstić information content (AvgIpc) is 3.96. The average molecular weight is 741 g/mol. The number of anilines is 1. The van der Waals surface area contributed by atoms with Crippen molar-refractivity contribution in [1.82, 2.24) is 23.9 Å². The largest absolute Gasteiger partial charge is 0.497 e. The van der Waals surface area contributed by atoms with Gasteiger partial charge < -0.3 is 28.4 Å². The summed E-state index contributed by atoms with van der Waals surface area (Å²) in [5, 5.41) is 2.65. The summed E-state index contributed by atoms with van der Waals surface area (Å²) in [6, 6.07) is 26.8. The van der Waals surface area contributed by atoms with Gasteiger partial charge in [0.15, 0.2) is 5.79 Å². The highest BCUT2D eigenvalue weighted by molar-refractivity contribution is 6.33. The van der Waals surface area contributed by atoms with Gasteiger partial charge in [0.1, 0.15) is 35.2 Å². The molecule has 4 aromatic heterocycles. The van der Waals surface area contributed by atoms with Crippen LogP contribution in [0.3, 0.4) is 0 Å². The lowest BCUT2D eigenvalue weighted by Gasteiger charge is -2.26. The number of rotatable bonds is 11. The quantitative estimate of drug-likeness (QED) is 0.122. The van der Waals surface area contributed by atoms with Gasteiger partial charge in [-0.1, -0.05) is 54.1 Å². The van der Waals surface area contributed by atoms with Crippen LogP contribution < -0.4 is 14.4 Å². The number of benzene rings is 3. The highest BCUT2D eigenvalue weighted by Gasteiger charge is 2.50. The Morgan fingerprint density at radius 3 is 2.20 bits per heavy atom. The standard InChI is InChI=1S/C43H41ClN6O4/c1-43(2)53-38-31(23-37(39(38)54-43)49-19-17-32-24-46-42-45-18-20-50(42)41(32)49)12-6-27-5-11-30-22-35(44)40(47-36(30)21-27)48(25-28-7-13-33(51-3)14-8-28)26-29-9-15-34(52-4)16-10-29/h5,7-11,13-24,37-39H,6,12,25-26H2,1-4H3/t37-,38-,39+/m1/s1. The number of pyridine rings is 1. The van der Waals surface area contributed by atoms with Gasteiger partial charge in [-0.25, -0.2) is 15.0 Å². The van der Waals surface area contributed by atoms with Crippen molar-refractivity contribution in [2.75, 3.05) is 19.1 Å². The van der Waals surface area contributed by atoms with Gasteiger partial charge in [0.05, 0.1) is 30.8 Å². The summed E-state index contributed by atoms with van der Waals surface area (Å²) in [5.41, 5.74) is 6.61. The first-order chi connectivity index (χ1) is 26.2. The van der Waals surface area contributed by atoms with Crippen LogP contribution in [-0.4, -0.2) is 56.1 Å². The van der Waals surface area contributed by atoms with E-state index in [0.717, 1.165) is 63.2 Å². The second kappa shape index (κ2) is 13.8. The number of aromatic nitrogens is 5. The second-order valence-corrected chi connectivity index (χ2v) is 14.9. The third-order valence-corrected chi connectivity index (χ3v) is 10.8. The van der Waals surface area contributed by atoms with Gasteiger partial charge in [-0.2, -0.15) is 0 Å². The van der Waals surface area contributed by atoms with Crippen molar-refractivity contribution in [2.24, 2.45) is 0 Å². The minimum Gasteiger partial charge on any atom is -0.497 e. The highest BCUT2D eigenvalue weighted by Crippen LogP contribution is 2.45.